The molecule has 0 aliphatic rings. The van der Waals surface area contributed by atoms with Crippen molar-refractivity contribution in [3.63, 3.8) is 0 Å². The van der Waals surface area contributed by atoms with E-state index in [9.17, 15) is 0 Å². The minimum absolute atomic E-state index is 1.66. The van der Waals surface area contributed by atoms with Crippen LogP contribution in [-0.2, 0) is 0 Å². The highest BCUT2D eigenvalue weighted by Crippen LogP contribution is 1.60. The Hall–Kier alpha value is -0.700. The summed E-state index contributed by atoms with van der Waals surface area (Å²) in [5, 5.41) is 0. The standard InChI is InChI=1S/C6H7/c1-3-5-6-4-2/h3,5H,1H2,2H3/b5-3+. The van der Waals surface area contributed by atoms with E-state index in [2.05, 4.69) is 18.8 Å². The van der Waals surface area contributed by atoms with Crippen molar-refractivity contribution in [3.05, 3.63) is 19.1 Å². The summed E-state index contributed by atoms with van der Waals surface area (Å²) in [5.41, 5.74) is 0. The van der Waals surface area contributed by atoms with Crippen molar-refractivity contribution < 1.29 is 0 Å². The van der Waals surface area contributed by atoms with Crippen molar-refractivity contribution in [3.8, 4) is 11.8 Å². The molecule has 0 unspecified atom stereocenters. The zero-order valence-electron chi connectivity index (χ0n) is 3.86. The largest absolute Gasteiger partial charge is 0.102 e. The lowest BCUT2D eigenvalue weighted by atomic mass is 10.5. The van der Waals surface area contributed by atoms with Crippen molar-refractivity contribution in [1.82, 2.24) is 0 Å². The van der Waals surface area contributed by atoms with Crippen LogP contribution in [0.4, 0.5) is 0 Å². The van der Waals surface area contributed by atoms with Crippen LogP contribution in [0.1, 0.15) is 6.92 Å². The Morgan fingerprint density at radius 3 is 2.50 bits per heavy atom. The molecule has 0 aromatic rings. The van der Waals surface area contributed by atoms with Gasteiger partial charge in [0.25, 0.3) is 0 Å². The Bertz CT molecular complexity index is 88.3. The molecule has 1 radical (unpaired) electrons. The van der Waals surface area contributed by atoms with Gasteiger partial charge in [0.2, 0.25) is 0 Å². The van der Waals surface area contributed by atoms with E-state index in [0.29, 0.717) is 0 Å². The molecule has 0 heterocycles. The molecule has 0 saturated carbocycles. The fourth-order valence-corrected chi connectivity index (χ4v) is 0.142. The molecule has 0 aliphatic carbocycles. The fourth-order valence-electron chi connectivity index (χ4n) is 0.142. The second-order valence-corrected chi connectivity index (χ2v) is 0.797. The third-order valence-electron chi connectivity index (χ3n) is 0.346. The molecule has 0 atom stereocenters. The molecule has 6 heavy (non-hydrogen) atoms. The van der Waals surface area contributed by atoms with Gasteiger partial charge in [-0.05, 0) is 19.9 Å². The highest BCUT2D eigenvalue weighted by atomic mass is 13.5. The first kappa shape index (κ1) is 5.30. The van der Waals surface area contributed by atoms with E-state index in [1.165, 1.54) is 0 Å². The first-order chi connectivity index (χ1) is 2.91. The molecule has 0 N–H and O–H groups in total. The third-order valence-corrected chi connectivity index (χ3v) is 0.346. The molecule has 0 heteroatoms. The van der Waals surface area contributed by atoms with E-state index in [1.807, 2.05) is 0 Å². The lowest BCUT2D eigenvalue weighted by molar-refractivity contribution is 1.90. The molecule has 0 bridgehead atoms. The molecule has 0 fully saturated rings. The van der Waals surface area contributed by atoms with Crippen LogP contribution in [-0.4, -0.2) is 0 Å². The number of hydrogen-bond acceptors (Lipinski definition) is 0. The molecular weight excluding hydrogens is 72.1 g/mol. The van der Waals surface area contributed by atoms with Crippen LogP contribution in [0.3, 0.4) is 0 Å². The van der Waals surface area contributed by atoms with Gasteiger partial charge in [-0.2, -0.15) is 0 Å². The van der Waals surface area contributed by atoms with Crippen LogP contribution < -0.4 is 0 Å². The first-order valence-electron chi connectivity index (χ1n) is 1.78. The van der Waals surface area contributed by atoms with Gasteiger partial charge in [0, 0.05) is 0 Å². The minimum Gasteiger partial charge on any atom is -0.102 e. The Morgan fingerprint density at radius 1 is 1.67 bits per heavy atom. The van der Waals surface area contributed by atoms with E-state index in [4.69, 9.17) is 0 Å². The van der Waals surface area contributed by atoms with Gasteiger partial charge in [-0.1, -0.05) is 12.0 Å². The van der Waals surface area contributed by atoms with Gasteiger partial charge in [0.1, 0.15) is 0 Å². The normalized spacial score (nSPS) is 7.67. The maximum atomic E-state index is 3.44. The summed E-state index contributed by atoms with van der Waals surface area (Å²) < 4.78 is 0. The summed E-state index contributed by atoms with van der Waals surface area (Å²) in [6, 6.07) is 0. The van der Waals surface area contributed by atoms with Crippen LogP contribution in [0, 0.1) is 18.8 Å². The molecule has 0 saturated heterocycles. The van der Waals surface area contributed by atoms with Gasteiger partial charge >= 0.3 is 0 Å². The van der Waals surface area contributed by atoms with Gasteiger partial charge in [-0.15, -0.1) is 5.92 Å². The number of allylic oxidation sites excluding steroid dienone is 2. The molecule has 0 nitrogen and oxygen atoms in total. The SMILES string of the molecule is [CH2]/C=C/C#CC. The molecule has 31 valence electrons. The quantitative estimate of drug-likeness (QED) is 0.385. The van der Waals surface area contributed by atoms with Crippen molar-refractivity contribution in [1.29, 1.82) is 0 Å². The first-order valence-corrected chi connectivity index (χ1v) is 1.78. The highest BCUT2D eigenvalue weighted by Gasteiger charge is 1.45. The summed E-state index contributed by atoms with van der Waals surface area (Å²) in [4.78, 5) is 0. The predicted molar refractivity (Wildman–Crippen MR) is 27.9 cm³/mol. The Labute approximate surface area is 38.9 Å². The van der Waals surface area contributed by atoms with E-state index in [-0.39, 0.29) is 0 Å². The van der Waals surface area contributed by atoms with Gasteiger partial charge in [-0.3, -0.25) is 0 Å². The zero-order chi connectivity index (χ0) is 4.83. The Balaban J connectivity index is 3.24. The van der Waals surface area contributed by atoms with E-state index < -0.39 is 0 Å². The Kier molecular flexibility index (Phi) is 3.80. The molecule has 0 spiro atoms. The number of rotatable bonds is 0. The fraction of sp³-hybridized carbons (Fsp3) is 0.167. The average molecular weight is 79.1 g/mol. The van der Waals surface area contributed by atoms with E-state index >= 15 is 0 Å². The molecule has 0 rings (SSSR count). The predicted octanol–water partition coefficient (Wildman–Crippen LogP) is 1.40. The maximum Gasteiger partial charge on any atom is -0.00235 e. The van der Waals surface area contributed by atoms with Crippen LogP contribution in [0.15, 0.2) is 12.2 Å². The third kappa shape index (κ3) is 3.30. The number of hydrogen-bond donors (Lipinski definition) is 0. The average Bonchev–Trinajstić information content (AvgIpc) is 1.61. The van der Waals surface area contributed by atoms with Crippen molar-refractivity contribution in [2.24, 2.45) is 0 Å². The lowest BCUT2D eigenvalue weighted by Crippen LogP contribution is -1.41. The highest BCUT2D eigenvalue weighted by molar-refractivity contribution is 5.14. The molecule has 0 aromatic carbocycles. The second-order valence-electron chi connectivity index (χ2n) is 0.797. The van der Waals surface area contributed by atoms with Crippen molar-refractivity contribution >= 4 is 0 Å². The van der Waals surface area contributed by atoms with Gasteiger partial charge in [0.15, 0.2) is 0 Å². The summed E-state index contributed by atoms with van der Waals surface area (Å²) in [6.07, 6.45) is 3.37. The van der Waals surface area contributed by atoms with E-state index in [1.54, 1.807) is 19.1 Å². The second kappa shape index (κ2) is 4.30. The van der Waals surface area contributed by atoms with E-state index in [0.717, 1.165) is 0 Å². The monoisotopic (exact) mass is 79.1 g/mol. The Morgan fingerprint density at radius 2 is 2.33 bits per heavy atom. The molecule has 0 aliphatic heterocycles. The zero-order valence-corrected chi connectivity index (χ0v) is 3.86. The van der Waals surface area contributed by atoms with Gasteiger partial charge in [-0.25, -0.2) is 0 Å². The lowest BCUT2D eigenvalue weighted by Gasteiger charge is -1.56. The summed E-state index contributed by atoms with van der Waals surface area (Å²) in [6.45, 7) is 5.23. The molecule has 0 aromatic heterocycles. The van der Waals surface area contributed by atoms with Crippen LogP contribution in [0.25, 0.3) is 0 Å². The summed E-state index contributed by atoms with van der Waals surface area (Å²) >= 11 is 0. The van der Waals surface area contributed by atoms with Gasteiger partial charge < -0.3 is 0 Å². The van der Waals surface area contributed by atoms with Crippen LogP contribution in [0.5, 0.6) is 0 Å². The van der Waals surface area contributed by atoms with Crippen LogP contribution in [0.2, 0.25) is 0 Å². The summed E-state index contributed by atoms with van der Waals surface area (Å²) in [5.74, 6) is 5.40. The topological polar surface area (TPSA) is 0 Å². The van der Waals surface area contributed by atoms with Crippen LogP contribution >= 0.6 is 0 Å². The molecule has 0 amide bonds. The summed E-state index contributed by atoms with van der Waals surface area (Å²) in [7, 11) is 0. The smallest absolute Gasteiger partial charge is 0.00235 e. The molecular formula is C6H7. The van der Waals surface area contributed by atoms with Crippen molar-refractivity contribution in [2.45, 2.75) is 6.92 Å². The van der Waals surface area contributed by atoms with Gasteiger partial charge in [0.05, 0.1) is 0 Å². The minimum atomic E-state index is 1.66. The van der Waals surface area contributed by atoms with Crippen molar-refractivity contribution in [2.75, 3.05) is 0 Å². The maximum absolute atomic E-state index is 3.44.